The van der Waals surface area contributed by atoms with E-state index in [1.54, 1.807) is 0 Å². The number of aliphatic hydroxyl groups excluding tert-OH is 1. The lowest BCUT2D eigenvalue weighted by molar-refractivity contribution is 0.129. The second-order valence-electron chi connectivity index (χ2n) is 3.58. The molecule has 0 aromatic carbocycles. The van der Waals surface area contributed by atoms with Crippen LogP contribution in [0.15, 0.2) is 10.7 Å². The second-order valence-corrected chi connectivity index (χ2v) is 3.58. The molecule has 2 aromatic rings. The second kappa shape index (κ2) is 4.40. The molecule has 7 heteroatoms. The maximum atomic E-state index is 9.66. The molecule has 0 amide bonds. The van der Waals surface area contributed by atoms with Gasteiger partial charge in [-0.15, -0.1) is 0 Å². The van der Waals surface area contributed by atoms with Crippen LogP contribution in [0.3, 0.4) is 0 Å². The van der Waals surface area contributed by atoms with Crippen LogP contribution in [0.5, 0.6) is 0 Å². The number of aromatic amines is 1. The van der Waals surface area contributed by atoms with E-state index in [4.69, 9.17) is 4.52 Å². The summed E-state index contributed by atoms with van der Waals surface area (Å²) in [5, 5.41) is 23.4. The molecule has 86 valence electrons. The van der Waals surface area contributed by atoms with Gasteiger partial charge in [-0.3, -0.25) is 0 Å². The van der Waals surface area contributed by atoms with E-state index in [1.807, 2.05) is 13.8 Å². The number of nitrogens with one attached hydrogen (secondary N) is 1. The first kappa shape index (κ1) is 10.7. The van der Waals surface area contributed by atoms with Gasteiger partial charge in [0, 0.05) is 0 Å². The minimum Gasteiger partial charge on any atom is -0.392 e. The van der Waals surface area contributed by atoms with E-state index in [0.29, 0.717) is 23.8 Å². The van der Waals surface area contributed by atoms with Gasteiger partial charge in [0.1, 0.15) is 0 Å². The Morgan fingerprint density at radius 2 is 2.38 bits per heavy atom. The van der Waals surface area contributed by atoms with E-state index in [2.05, 4.69) is 25.6 Å². The Bertz CT molecular complexity index is 438. The van der Waals surface area contributed by atoms with Crippen molar-refractivity contribution in [3.8, 4) is 11.5 Å². The Kier molecular flexibility index (Phi) is 2.95. The summed E-state index contributed by atoms with van der Waals surface area (Å²) < 4.78 is 5.07. The van der Waals surface area contributed by atoms with Crippen LogP contribution in [-0.2, 0) is 0 Å². The maximum Gasteiger partial charge on any atom is 0.232 e. The molecule has 16 heavy (non-hydrogen) atoms. The fraction of sp³-hybridized carbons (Fsp3) is 0.556. The van der Waals surface area contributed by atoms with Gasteiger partial charge in [0.2, 0.25) is 11.7 Å². The Morgan fingerprint density at radius 1 is 1.56 bits per heavy atom. The van der Waals surface area contributed by atoms with Gasteiger partial charge in [0.25, 0.3) is 0 Å². The van der Waals surface area contributed by atoms with Crippen LogP contribution in [0.2, 0.25) is 0 Å². The molecule has 2 unspecified atom stereocenters. The van der Waals surface area contributed by atoms with E-state index < -0.39 is 6.10 Å². The highest BCUT2D eigenvalue weighted by Crippen LogP contribution is 2.21. The summed E-state index contributed by atoms with van der Waals surface area (Å²) in [7, 11) is 0. The summed E-state index contributed by atoms with van der Waals surface area (Å²) in [5.41, 5.74) is 0.521. The third kappa shape index (κ3) is 1.94. The average molecular weight is 223 g/mol. The molecular formula is C9H13N5O2. The minimum atomic E-state index is -0.481. The van der Waals surface area contributed by atoms with E-state index >= 15 is 0 Å². The molecule has 0 bridgehead atoms. The van der Waals surface area contributed by atoms with Crippen LogP contribution < -0.4 is 0 Å². The average Bonchev–Trinajstić information content (AvgIpc) is 2.96. The number of rotatable bonds is 4. The summed E-state index contributed by atoms with van der Waals surface area (Å²) in [5.74, 6) is 0.601. The molecule has 2 heterocycles. The summed E-state index contributed by atoms with van der Waals surface area (Å²) >= 11 is 0. The molecule has 0 saturated heterocycles. The van der Waals surface area contributed by atoms with Crippen molar-refractivity contribution in [3.63, 3.8) is 0 Å². The van der Waals surface area contributed by atoms with Crippen LogP contribution in [0, 0.1) is 0 Å². The van der Waals surface area contributed by atoms with Crippen LogP contribution in [0.25, 0.3) is 11.5 Å². The van der Waals surface area contributed by atoms with Crippen LogP contribution in [-0.4, -0.2) is 36.8 Å². The molecule has 2 aromatic heterocycles. The lowest BCUT2D eigenvalue weighted by Gasteiger charge is -2.11. The normalized spacial score (nSPS) is 14.9. The number of hydrogen-bond donors (Lipinski definition) is 2. The molecule has 0 aliphatic rings. The maximum absolute atomic E-state index is 9.66. The van der Waals surface area contributed by atoms with Crippen molar-refractivity contribution in [2.75, 3.05) is 0 Å². The molecule has 2 N–H and O–H groups in total. The molecule has 0 saturated carbocycles. The zero-order chi connectivity index (χ0) is 11.5. The number of H-pyrrole nitrogens is 1. The number of aliphatic hydroxyl groups is 1. The lowest BCUT2D eigenvalue weighted by atomic mass is 10.0. The van der Waals surface area contributed by atoms with Crippen molar-refractivity contribution in [2.45, 2.75) is 32.3 Å². The Balaban J connectivity index is 2.20. The fourth-order valence-corrected chi connectivity index (χ4v) is 1.35. The zero-order valence-electron chi connectivity index (χ0n) is 9.08. The van der Waals surface area contributed by atoms with Crippen molar-refractivity contribution < 1.29 is 9.63 Å². The first-order valence-corrected chi connectivity index (χ1v) is 5.10. The first-order chi connectivity index (χ1) is 7.72. The third-order valence-corrected chi connectivity index (χ3v) is 2.47. The molecule has 7 nitrogen and oxygen atoms in total. The Hall–Kier alpha value is -1.76. The number of aromatic nitrogens is 5. The van der Waals surface area contributed by atoms with Crippen LogP contribution in [0.1, 0.15) is 32.1 Å². The van der Waals surface area contributed by atoms with Crippen molar-refractivity contribution in [1.29, 1.82) is 0 Å². The molecule has 2 rings (SSSR count). The Morgan fingerprint density at radius 3 is 3.00 bits per heavy atom. The number of hydrogen-bond acceptors (Lipinski definition) is 6. The van der Waals surface area contributed by atoms with Gasteiger partial charge < -0.3 is 9.63 Å². The molecule has 0 radical (unpaired) electrons. The standard InChI is InChI=1S/C9H13N5O2/c1-3-7(15)5(2)9-11-8(13-16-9)6-4-10-14-12-6/h4-5,7,15H,3H2,1-2H3,(H,10,12,14). The summed E-state index contributed by atoms with van der Waals surface area (Å²) in [6, 6.07) is 0. The van der Waals surface area contributed by atoms with Gasteiger partial charge in [0.15, 0.2) is 5.69 Å². The monoisotopic (exact) mass is 223 g/mol. The highest BCUT2D eigenvalue weighted by molar-refractivity contribution is 5.44. The molecule has 2 atom stereocenters. The summed E-state index contributed by atoms with van der Waals surface area (Å²) in [4.78, 5) is 4.16. The van der Waals surface area contributed by atoms with Gasteiger partial charge >= 0.3 is 0 Å². The fourth-order valence-electron chi connectivity index (χ4n) is 1.35. The predicted octanol–water partition coefficient (Wildman–Crippen LogP) is 0.729. The zero-order valence-corrected chi connectivity index (χ0v) is 9.08. The molecular weight excluding hydrogens is 210 g/mol. The van der Waals surface area contributed by atoms with Gasteiger partial charge in [-0.1, -0.05) is 19.0 Å². The van der Waals surface area contributed by atoms with E-state index in [-0.39, 0.29) is 5.92 Å². The highest BCUT2D eigenvalue weighted by Gasteiger charge is 2.21. The SMILES string of the molecule is CCC(O)C(C)c1nc(-c2cn[nH]n2)no1. The highest BCUT2D eigenvalue weighted by atomic mass is 16.5. The quantitative estimate of drug-likeness (QED) is 0.792. The van der Waals surface area contributed by atoms with E-state index in [1.165, 1.54) is 6.20 Å². The summed E-state index contributed by atoms with van der Waals surface area (Å²) in [6.45, 7) is 3.74. The van der Waals surface area contributed by atoms with Gasteiger partial charge in [0.05, 0.1) is 18.2 Å². The van der Waals surface area contributed by atoms with Gasteiger partial charge in [-0.05, 0) is 6.42 Å². The van der Waals surface area contributed by atoms with Crippen LogP contribution >= 0.6 is 0 Å². The van der Waals surface area contributed by atoms with Crippen molar-refractivity contribution in [2.24, 2.45) is 0 Å². The smallest absolute Gasteiger partial charge is 0.232 e. The predicted molar refractivity (Wildman–Crippen MR) is 54.4 cm³/mol. The summed E-state index contributed by atoms with van der Waals surface area (Å²) in [6.07, 6.45) is 1.67. The number of nitrogens with zero attached hydrogens (tertiary/aromatic N) is 4. The molecule has 0 aliphatic heterocycles. The first-order valence-electron chi connectivity index (χ1n) is 5.10. The van der Waals surface area contributed by atoms with E-state index in [9.17, 15) is 5.11 Å². The van der Waals surface area contributed by atoms with Gasteiger partial charge in [-0.2, -0.15) is 20.4 Å². The largest absolute Gasteiger partial charge is 0.392 e. The van der Waals surface area contributed by atoms with E-state index in [0.717, 1.165) is 0 Å². The molecule has 0 aliphatic carbocycles. The minimum absolute atomic E-state index is 0.182. The lowest BCUT2D eigenvalue weighted by Crippen LogP contribution is -2.14. The topological polar surface area (TPSA) is 101 Å². The van der Waals surface area contributed by atoms with Crippen LogP contribution in [0.4, 0.5) is 0 Å². The molecule has 0 spiro atoms. The van der Waals surface area contributed by atoms with Gasteiger partial charge in [-0.25, -0.2) is 0 Å². The third-order valence-electron chi connectivity index (χ3n) is 2.47. The van der Waals surface area contributed by atoms with Crippen molar-refractivity contribution in [1.82, 2.24) is 25.6 Å². The van der Waals surface area contributed by atoms with Crippen molar-refractivity contribution >= 4 is 0 Å². The van der Waals surface area contributed by atoms with Crippen molar-refractivity contribution in [3.05, 3.63) is 12.1 Å². The molecule has 0 fully saturated rings. The Labute approximate surface area is 91.9 Å².